The first-order valence-corrected chi connectivity index (χ1v) is 24.8. The maximum absolute atomic E-state index is 2.70. The molecule has 2 aliphatic heterocycles. The smallest absolute Gasteiger partial charge is 0.264 e. The van der Waals surface area contributed by atoms with E-state index in [0.29, 0.717) is 0 Å². The zero-order valence-electron chi connectivity index (χ0n) is 40.6. The topological polar surface area (TPSA) is 6.48 Å². The standard InChI is InChI=1S/C60H65BN2S/c1-36-30-50-53-51(31-36)63(41-21-23-45-47(35-41)60(12,13)29-27-58(45,8)9)54-43-33-39(56(3,4)5)19-25-52(43)64-55(54)61(53)48-24-18-38(42-17-15-14-16-37(42)2)32-49(48)62(50)40-20-22-44-46(34-40)59(10,11)28-26-57(44,6)7/h14-25,30-35H,26-29H2,1-13H3. The summed E-state index contributed by atoms with van der Waals surface area (Å²) in [6, 6.07) is 43.6. The molecule has 0 atom stereocenters. The van der Waals surface area contributed by atoms with Crippen LogP contribution < -0.4 is 25.5 Å². The SMILES string of the molecule is Cc1cc2c3c(c1)N(c1ccc4c(c1)C(C)(C)CCC4(C)C)c1c(sc4ccc(C(C)(C)C)cc14)B3c1ccc(-c3ccccc3C)cc1N2c1ccc2c(c1)C(C)(C)CCC2(C)C. The molecule has 0 fully saturated rings. The van der Waals surface area contributed by atoms with E-state index in [1.54, 1.807) is 0 Å². The number of hydrogen-bond donors (Lipinski definition) is 0. The Hall–Kier alpha value is -5.06. The molecule has 0 spiro atoms. The zero-order valence-corrected chi connectivity index (χ0v) is 41.4. The van der Waals surface area contributed by atoms with E-state index in [1.807, 2.05) is 11.3 Å². The summed E-state index contributed by atoms with van der Waals surface area (Å²) in [4.78, 5) is 5.36. The summed E-state index contributed by atoms with van der Waals surface area (Å²) in [5.41, 5.74) is 23.5. The number of anilines is 6. The number of nitrogens with zero attached hydrogens (tertiary/aromatic N) is 2. The molecule has 0 N–H and O–H groups in total. The van der Waals surface area contributed by atoms with Gasteiger partial charge in [0.15, 0.2) is 0 Å². The summed E-state index contributed by atoms with van der Waals surface area (Å²) >= 11 is 2.01. The molecule has 0 bridgehead atoms. The van der Waals surface area contributed by atoms with Crippen molar-refractivity contribution in [1.82, 2.24) is 0 Å². The van der Waals surface area contributed by atoms with Crippen LogP contribution >= 0.6 is 11.3 Å². The second-order valence-electron chi connectivity index (χ2n) is 23.7. The number of benzene rings is 6. The van der Waals surface area contributed by atoms with Gasteiger partial charge in [-0.3, -0.25) is 0 Å². The van der Waals surface area contributed by atoms with Crippen molar-refractivity contribution in [3.63, 3.8) is 0 Å². The predicted octanol–water partition coefficient (Wildman–Crippen LogP) is 15.3. The lowest BCUT2D eigenvalue weighted by Crippen LogP contribution is -2.60. The lowest BCUT2D eigenvalue weighted by atomic mass is 9.36. The average molecular weight is 857 g/mol. The fraction of sp³-hybridized carbons (Fsp3) is 0.367. The van der Waals surface area contributed by atoms with Crippen molar-refractivity contribution in [3.8, 4) is 11.1 Å². The molecule has 4 aliphatic rings. The van der Waals surface area contributed by atoms with Crippen molar-refractivity contribution in [2.45, 2.75) is 143 Å². The quantitative estimate of drug-likeness (QED) is 0.163. The Labute approximate surface area is 387 Å². The van der Waals surface area contributed by atoms with E-state index in [-0.39, 0.29) is 33.8 Å². The van der Waals surface area contributed by atoms with Crippen LogP contribution in [0.15, 0.2) is 109 Å². The van der Waals surface area contributed by atoms with Crippen LogP contribution in [0.2, 0.25) is 0 Å². The molecule has 6 aromatic carbocycles. The molecule has 3 heterocycles. The van der Waals surface area contributed by atoms with Crippen LogP contribution in [0, 0.1) is 13.8 Å². The van der Waals surface area contributed by atoms with Gasteiger partial charge in [-0.2, -0.15) is 0 Å². The van der Waals surface area contributed by atoms with Crippen molar-refractivity contribution in [2.24, 2.45) is 0 Å². The summed E-state index contributed by atoms with van der Waals surface area (Å²) in [6.45, 7) is 31.3. The summed E-state index contributed by atoms with van der Waals surface area (Å²) in [5.74, 6) is 0. The van der Waals surface area contributed by atoms with E-state index in [1.165, 1.54) is 136 Å². The molecular weight excluding hydrogens is 792 g/mol. The fourth-order valence-electron chi connectivity index (χ4n) is 12.1. The first kappa shape index (κ1) is 41.6. The maximum Gasteiger partial charge on any atom is 0.264 e. The molecule has 0 radical (unpaired) electrons. The minimum Gasteiger partial charge on any atom is -0.311 e. The van der Waals surface area contributed by atoms with E-state index in [0.717, 1.165) is 0 Å². The van der Waals surface area contributed by atoms with E-state index in [2.05, 4.69) is 209 Å². The number of rotatable bonds is 3. The highest BCUT2D eigenvalue weighted by atomic mass is 32.1. The molecule has 324 valence electrons. The minimum atomic E-state index is 0.0220. The van der Waals surface area contributed by atoms with Gasteiger partial charge in [0.05, 0.1) is 5.69 Å². The second-order valence-corrected chi connectivity index (χ2v) is 24.8. The van der Waals surface area contributed by atoms with E-state index < -0.39 is 0 Å². The monoisotopic (exact) mass is 856 g/mol. The molecule has 0 saturated carbocycles. The van der Waals surface area contributed by atoms with Crippen LogP contribution in [0.5, 0.6) is 0 Å². The van der Waals surface area contributed by atoms with Gasteiger partial charge in [0.25, 0.3) is 6.71 Å². The maximum atomic E-state index is 2.70. The Morgan fingerprint density at radius 3 is 1.70 bits per heavy atom. The van der Waals surface area contributed by atoms with Crippen molar-refractivity contribution >= 4 is 78.0 Å². The fourth-order valence-corrected chi connectivity index (χ4v) is 13.4. The molecule has 2 nitrogen and oxygen atoms in total. The Kier molecular flexibility index (Phi) is 8.94. The molecule has 0 saturated heterocycles. The van der Waals surface area contributed by atoms with Gasteiger partial charge in [-0.25, -0.2) is 0 Å². The lowest BCUT2D eigenvalue weighted by Gasteiger charge is -2.46. The second kappa shape index (κ2) is 13.7. The van der Waals surface area contributed by atoms with E-state index in [9.17, 15) is 0 Å². The van der Waals surface area contributed by atoms with Crippen molar-refractivity contribution in [3.05, 3.63) is 148 Å². The molecule has 2 aliphatic carbocycles. The summed E-state index contributed by atoms with van der Waals surface area (Å²) < 4.78 is 2.79. The van der Waals surface area contributed by atoms with Crippen LogP contribution in [0.4, 0.5) is 34.1 Å². The minimum absolute atomic E-state index is 0.0220. The van der Waals surface area contributed by atoms with Gasteiger partial charge in [-0.15, -0.1) is 11.3 Å². The van der Waals surface area contributed by atoms with Crippen molar-refractivity contribution < 1.29 is 0 Å². The molecule has 7 aromatic rings. The van der Waals surface area contributed by atoms with E-state index in [4.69, 9.17) is 0 Å². The van der Waals surface area contributed by atoms with Gasteiger partial charge in [-0.05, 0) is 182 Å². The average Bonchev–Trinajstić information content (AvgIpc) is 3.62. The normalized spacial score (nSPS) is 18.5. The van der Waals surface area contributed by atoms with Crippen molar-refractivity contribution in [2.75, 3.05) is 9.80 Å². The molecule has 0 amide bonds. The molecule has 1 aromatic heterocycles. The first-order valence-electron chi connectivity index (χ1n) is 24.0. The Bertz CT molecular complexity index is 3100. The third kappa shape index (κ3) is 6.17. The molecule has 11 rings (SSSR count). The van der Waals surface area contributed by atoms with Gasteiger partial charge in [0.1, 0.15) is 0 Å². The highest BCUT2D eigenvalue weighted by Crippen LogP contribution is 2.53. The third-order valence-electron chi connectivity index (χ3n) is 16.3. The zero-order chi connectivity index (χ0) is 45.0. The molecule has 4 heteroatoms. The van der Waals surface area contributed by atoms with Gasteiger partial charge in [0.2, 0.25) is 0 Å². The number of aryl methyl sites for hydroxylation is 2. The van der Waals surface area contributed by atoms with E-state index >= 15 is 0 Å². The summed E-state index contributed by atoms with van der Waals surface area (Å²) in [6.07, 6.45) is 4.77. The first-order chi connectivity index (χ1) is 30.1. The summed E-state index contributed by atoms with van der Waals surface area (Å²) in [5, 5.41) is 1.36. The predicted molar refractivity (Wildman–Crippen MR) is 280 cm³/mol. The van der Waals surface area contributed by atoms with Crippen molar-refractivity contribution in [1.29, 1.82) is 0 Å². The van der Waals surface area contributed by atoms with Gasteiger partial charge in [-0.1, -0.05) is 131 Å². The largest absolute Gasteiger partial charge is 0.311 e. The van der Waals surface area contributed by atoms with Gasteiger partial charge < -0.3 is 9.80 Å². The van der Waals surface area contributed by atoms with Gasteiger partial charge >= 0.3 is 0 Å². The van der Waals surface area contributed by atoms with Crippen LogP contribution in [0.1, 0.15) is 141 Å². The molecule has 64 heavy (non-hydrogen) atoms. The molecular formula is C60H65BN2S. The highest BCUT2D eigenvalue weighted by Gasteiger charge is 2.47. The van der Waals surface area contributed by atoms with Crippen LogP contribution in [0.3, 0.4) is 0 Å². The Morgan fingerprint density at radius 1 is 0.547 bits per heavy atom. The number of fused-ring (bicyclic) bond motifs is 8. The Balaban J connectivity index is 1.24. The van der Waals surface area contributed by atoms with Crippen LogP contribution in [0.25, 0.3) is 21.2 Å². The third-order valence-corrected chi connectivity index (χ3v) is 17.5. The summed E-state index contributed by atoms with van der Waals surface area (Å²) in [7, 11) is 0. The number of hydrogen-bond acceptors (Lipinski definition) is 3. The van der Waals surface area contributed by atoms with Crippen LogP contribution in [-0.2, 0) is 27.1 Å². The Morgan fingerprint density at radius 2 is 1.11 bits per heavy atom. The van der Waals surface area contributed by atoms with Gasteiger partial charge in [0, 0.05) is 43.3 Å². The molecule has 0 unspecified atom stereocenters. The van der Waals surface area contributed by atoms with Crippen LogP contribution in [-0.4, -0.2) is 6.71 Å². The highest BCUT2D eigenvalue weighted by molar-refractivity contribution is 7.33. The lowest BCUT2D eigenvalue weighted by molar-refractivity contribution is 0.332. The number of thiophene rings is 1.